The molecule has 3 rings (SSSR count). The zero-order valence-electron chi connectivity index (χ0n) is 14.6. The second kappa shape index (κ2) is 8.37. The molecule has 3 aromatic rings. The number of hydrogen-bond donors (Lipinski definition) is 2. The van der Waals surface area contributed by atoms with Gasteiger partial charge in [0.15, 0.2) is 0 Å². The van der Waals surface area contributed by atoms with Crippen LogP contribution in [-0.4, -0.2) is 18.3 Å². The third-order valence-corrected chi connectivity index (χ3v) is 4.56. The minimum atomic E-state index is -1.59. The van der Waals surface area contributed by atoms with E-state index in [1.54, 1.807) is 18.2 Å². The van der Waals surface area contributed by atoms with Crippen LogP contribution in [0.1, 0.15) is 23.1 Å². The van der Waals surface area contributed by atoms with E-state index in [1.807, 2.05) is 0 Å². The van der Waals surface area contributed by atoms with Crippen molar-refractivity contribution in [2.75, 3.05) is 13.2 Å². The summed E-state index contributed by atoms with van der Waals surface area (Å²) in [6.45, 7) is 0.127. The van der Waals surface area contributed by atoms with Crippen molar-refractivity contribution in [2.24, 2.45) is 0 Å². The highest BCUT2D eigenvalue weighted by atomic mass is 19.1. The van der Waals surface area contributed by atoms with Crippen LogP contribution < -0.4 is 5.32 Å². The zero-order chi connectivity index (χ0) is 19.3. The smallest absolute Gasteiger partial charge is 0.128 e. The normalized spacial score (nSPS) is 11.6. The molecular weight excluding hydrogens is 351 g/mol. The van der Waals surface area contributed by atoms with Gasteiger partial charge >= 0.3 is 0 Å². The van der Waals surface area contributed by atoms with Crippen molar-refractivity contribution >= 4 is 0 Å². The maximum Gasteiger partial charge on any atom is 0.128 e. The maximum absolute atomic E-state index is 14.9. The van der Waals surface area contributed by atoms with Gasteiger partial charge in [-0.2, -0.15) is 0 Å². The lowest BCUT2D eigenvalue weighted by molar-refractivity contribution is 0.278. The van der Waals surface area contributed by atoms with Crippen molar-refractivity contribution in [3.8, 4) is 0 Å². The average Bonchev–Trinajstić information content (AvgIpc) is 2.68. The highest BCUT2D eigenvalue weighted by Gasteiger charge is 2.41. The summed E-state index contributed by atoms with van der Waals surface area (Å²) in [7, 11) is 0. The number of nitrogens with one attached hydrogen (secondary N) is 1. The largest absolute Gasteiger partial charge is 0.396 e. The highest BCUT2D eigenvalue weighted by molar-refractivity contribution is 5.51. The molecule has 27 heavy (non-hydrogen) atoms. The minimum absolute atomic E-state index is 0.102. The van der Waals surface area contributed by atoms with Crippen LogP contribution in [0.25, 0.3) is 0 Å². The second-order valence-electron chi connectivity index (χ2n) is 6.19. The van der Waals surface area contributed by atoms with Gasteiger partial charge in [0.25, 0.3) is 0 Å². The fraction of sp³-hybridized carbons (Fsp3) is 0.182. The van der Waals surface area contributed by atoms with E-state index in [0.717, 1.165) is 0 Å². The van der Waals surface area contributed by atoms with E-state index < -0.39 is 23.0 Å². The van der Waals surface area contributed by atoms with Crippen molar-refractivity contribution in [2.45, 2.75) is 12.0 Å². The predicted molar refractivity (Wildman–Crippen MR) is 98.8 cm³/mol. The fourth-order valence-electron chi connectivity index (χ4n) is 3.37. The van der Waals surface area contributed by atoms with Crippen molar-refractivity contribution in [3.05, 3.63) is 107 Å². The average molecular weight is 371 g/mol. The van der Waals surface area contributed by atoms with Gasteiger partial charge in [-0.05, 0) is 31.2 Å². The Labute approximate surface area is 156 Å². The van der Waals surface area contributed by atoms with Crippen LogP contribution in [0.5, 0.6) is 0 Å². The van der Waals surface area contributed by atoms with E-state index in [-0.39, 0.29) is 29.8 Å². The van der Waals surface area contributed by atoms with Gasteiger partial charge < -0.3 is 5.11 Å². The van der Waals surface area contributed by atoms with Gasteiger partial charge in [0.05, 0.1) is 0 Å². The standard InChI is InChI=1S/C22H20F3NO/c23-19-11-4-1-8-16(19)22(26-14-7-15-27,17-9-2-5-12-20(17)24)18-10-3-6-13-21(18)25/h1-6,8-13,26-27H,7,14-15H2. The Morgan fingerprint density at radius 3 is 1.37 bits per heavy atom. The van der Waals surface area contributed by atoms with Crippen LogP contribution in [0.15, 0.2) is 72.8 Å². The third-order valence-electron chi connectivity index (χ3n) is 4.56. The molecule has 140 valence electrons. The first-order valence-corrected chi connectivity index (χ1v) is 8.72. The molecule has 0 fully saturated rings. The Kier molecular flexibility index (Phi) is 5.94. The molecular formula is C22H20F3NO. The van der Waals surface area contributed by atoms with Gasteiger partial charge in [-0.15, -0.1) is 0 Å². The molecule has 0 saturated carbocycles. The van der Waals surface area contributed by atoms with Crippen LogP contribution in [-0.2, 0) is 5.54 Å². The molecule has 0 aromatic heterocycles. The molecule has 0 heterocycles. The van der Waals surface area contributed by atoms with Crippen LogP contribution in [0, 0.1) is 17.5 Å². The number of aliphatic hydroxyl groups excluding tert-OH is 1. The molecule has 0 radical (unpaired) electrons. The summed E-state index contributed by atoms with van der Waals surface area (Å²) < 4.78 is 44.7. The molecule has 2 N–H and O–H groups in total. The number of halogens is 3. The first kappa shape index (κ1) is 19.1. The molecule has 0 aliphatic heterocycles. The lowest BCUT2D eigenvalue weighted by atomic mass is 9.76. The summed E-state index contributed by atoms with van der Waals surface area (Å²) in [4.78, 5) is 0. The Balaban J connectivity index is 2.37. The van der Waals surface area contributed by atoms with E-state index in [1.165, 1.54) is 54.6 Å². The Hall–Kier alpha value is -2.63. The third kappa shape index (κ3) is 3.61. The Bertz CT molecular complexity index is 802. The van der Waals surface area contributed by atoms with E-state index in [9.17, 15) is 18.3 Å². The lowest BCUT2D eigenvalue weighted by Gasteiger charge is -2.37. The van der Waals surface area contributed by atoms with Crippen molar-refractivity contribution in [3.63, 3.8) is 0 Å². The topological polar surface area (TPSA) is 32.3 Å². The number of aliphatic hydroxyl groups is 1. The molecule has 0 aliphatic carbocycles. The van der Waals surface area contributed by atoms with E-state index >= 15 is 0 Å². The molecule has 0 bridgehead atoms. The van der Waals surface area contributed by atoms with Gasteiger partial charge in [0.1, 0.15) is 23.0 Å². The van der Waals surface area contributed by atoms with Crippen LogP contribution in [0.2, 0.25) is 0 Å². The van der Waals surface area contributed by atoms with E-state index in [4.69, 9.17) is 0 Å². The van der Waals surface area contributed by atoms with Crippen LogP contribution >= 0.6 is 0 Å². The summed E-state index contributed by atoms with van der Waals surface area (Å²) in [5.74, 6) is -1.75. The Morgan fingerprint density at radius 2 is 1.04 bits per heavy atom. The second-order valence-corrected chi connectivity index (χ2v) is 6.19. The molecule has 0 spiro atoms. The predicted octanol–water partition coefficient (Wildman–Crippen LogP) is 4.37. The summed E-state index contributed by atoms with van der Waals surface area (Å²) in [6, 6.07) is 17.8. The molecule has 0 saturated heterocycles. The first-order chi connectivity index (χ1) is 13.1. The maximum atomic E-state index is 14.9. The Morgan fingerprint density at radius 1 is 0.667 bits per heavy atom. The number of hydrogen-bond acceptors (Lipinski definition) is 2. The van der Waals surface area contributed by atoms with Crippen molar-refractivity contribution in [1.29, 1.82) is 0 Å². The molecule has 0 atom stereocenters. The minimum Gasteiger partial charge on any atom is -0.396 e. The van der Waals surface area contributed by atoms with Gasteiger partial charge in [0, 0.05) is 23.3 Å². The summed E-state index contributed by atoms with van der Waals surface area (Å²) >= 11 is 0. The monoisotopic (exact) mass is 371 g/mol. The molecule has 5 heteroatoms. The number of rotatable bonds is 7. The van der Waals surface area contributed by atoms with Crippen molar-refractivity contribution < 1.29 is 18.3 Å². The van der Waals surface area contributed by atoms with Gasteiger partial charge in [0.2, 0.25) is 0 Å². The summed E-state index contributed by atoms with van der Waals surface area (Å²) in [6.07, 6.45) is 0.346. The SMILES string of the molecule is OCCCNC(c1ccccc1F)(c1ccccc1F)c1ccccc1F. The van der Waals surface area contributed by atoms with Crippen LogP contribution in [0.3, 0.4) is 0 Å². The van der Waals surface area contributed by atoms with Crippen LogP contribution in [0.4, 0.5) is 13.2 Å². The molecule has 3 aromatic carbocycles. The fourth-order valence-corrected chi connectivity index (χ4v) is 3.37. The van der Waals surface area contributed by atoms with Gasteiger partial charge in [-0.3, -0.25) is 5.32 Å². The highest BCUT2D eigenvalue weighted by Crippen LogP contribution is 2.40. The molecule has 0 unspecified atom stereocenters. The van der Waals surface area contributed by atoms with Gasteiger partial charge in [-0.25, -0.2) is 13.2 Å². The van der Waals surface area contributed by atoms with E-state index in [0.29, 0.717) is 6.42 Å². The summed E-state index contributed by atoms with van der Waals surface area (Å²) in [5.41, 5.74) is -1.26. The molecule has 0 aliphatic rings. The lowest BCUT2D eigenvalue weighted by Crippen LogP contribution is -2.47. The quantitative estimate of drug-likeness (QED) is 0.478. The molecule has 2 nitrogen and oxygen atoms in total. The zero-order valence-corrected chi connectivity index (χ0v) is 14.6. The molecule has 0 amide bonds. The van der Waals surface area contributed by atoms with Gasteiger partial charge in [-0.1, -0.05) is 54.6 Å². The van der Waals surface area contributed by atoms with E-state index in [2.05, 4.69) is 5.32 Å². The number of benzene rings is 3. The summed E-state index contributed by atoms with van der Waals surface area (Å²) in [5, 5.41) is 12.3. The first-order valence-electron chi connectivity index (χ1n) is 8.72. The van der Waals surface area contributed by atoms with Crippen molar-refractivity contribution in [1.82, 2.24) is 5.32 Å².